The quantitative estimate of drug-likeness (QED) is 0.831. The molecule has 0 radical (unpaired) electrons. The molecule has 0 spiro atoms. The van der Waals surface area contributed by atoms with Crippen LogP contribution in [0.5, 0.6) is 11.5 Å². The number of aryl methyl sites for hydroxylation is 1. The molecule has 1 heterocycles. The number of anilines is 1. The molecule has 0 atom stereocenters. The fourth-order valence-corrected chi connectivity index (χ4v) is 4.57. The molecule has 0 unspecified atom stereocenters. The third kappa shape index (κ3) is 2.90. The van der Waals surface area contributed by atoms with E-state index in [1.165, 1.54) is 26.4 Å². The zero-order chi connectivity index (χ0) is 18.2. The summed E-state index contributed by atoms with van der Waals surface area (Å²) in [5.74, 6) is -1.49. The molecule has 0 saturated heterocycles. The molecule has 0 N–H and O–H groups in total. The average molecular weight is 369 g/mol. The van der Waals surface area contributed by atoms with Gasteiger partial charge in [-0.25, -0.2) is 17.2 Å². The van der Waals surface area contributed by atoms with E-state index < -0.39 is 26.6 Å². The van der Waals surface area contributed by atoms with Crippen LogP contribution in [0.15, 0.2) is 35.2 Å². The van der Waals surface area contributed by atoms with Crippen molar-refractivity contribution in [1.82, 2.24) is 0 Å². The Kier molecular flexibility index (Phi) is 4.55. The molecule has 0 saturated carbocycles. The average Bonchev–Trinajstić information content (AvgIpc) is 2.61. The van der Waals surface area contributed by atoms with Crippen molar-refractivity contribution in [3.8, 4) is 11.5 Å². The Morgan fingerprint density at radius 1 is 1.04 bits per heavy atom. The molecule has 0 aromatic heterocycles. The Morgan fingerprint density at radius 2 is 1.72 bits per heavy atom. The van der Waals surface area contributed by atoms with Gasteiger partial charge in [-0.3, -0.25) is 4.31 Å². The van der Waals surface area contributed by atoms with E-state index in [1.807, 2.05) is 0 Å². The maximum Gasteiger partial charge on any atom is 0.267 e. The van der Waals surface area contributed by atoms with Crippen LogP contribution < -0.4 is 13.8 Å². The number of para-hydroxylation sites is 1. The van der Waals surface area contributed by atoms with Crippen molar-refractivity contribution < 1.29 is 26.7 Å². The highest BCUT2D eigenvalue weighted by Crippen LogP contribution is 2.37. The SMILES string of the molecule is COc1cc(F)c(S(=O)(=O)N2CCCc3cccc(F)c32)cc1OC. The minimum absolute atomic E-state index is 0.0251. The van der Waals surface area contributed by atoms with E-state index in [2.05, 4.69) is 0 Å². The number of halogens is 2. The van der Waals surface area contributed by atoms with Crippen LogP contribution in [-0.4, -0.2) is 29.2 Å². The highest BCUT2D eigenvalue weighted by Gasteiger charge is 2.34. The van der Waals surface area contributed by atoms with Crippen LogP contribution in [0.1, 0.15) is 12.0 Å². The molecule has 2 aromatic carbocycles. The van der Waals surface area contributed by atoms with E-state index in [0.717, 1.165) is 16.4 Å². The van der Waals surface area contributed by atoms with Gasteiger partial charge in [-0.05, 0) is 24.5 Å². The number of fused-ring (bicyclic) bond motifs is 1. The van der Waals surface area contributed by atoms with Gasteiger partial charge in [-0.2, -0.15) is 0 Å². The summed E-state index contributed by atoms with van der Waals surface area (Å²) in [6.07, 6.45) is 1.08. The number of sulfonamides is 1. The van der Waals surface area contributed by atoms with Gasteiger partial charge in [0.15, 0.2) is 11.5 Å². The van der Waals surface area contributed by atoms with E-state index in [4.69, 9.17) is 9.47 Å². The van der Waals surface area contributed by atoms with Gasteiger partial charge >= 0.3 is 0 Å². The Morgan fingerprint density at radius 3 is 2.40 bits per heavy atom. The Labute approximate surface area is 144 Å². The molecule has 1 aliphatic rings. The van der Waals surface area contributed by atoms with Crippen LogP contribution in [0, 0.1) is 11.6 Å². The number of methoxy groups -OCH3 is 2. The van der Waals surface area contributed by atoms with Crippen LogP contribution in [0.25, 0.3) is 0 Å². The lowest BCUT2D eigenvalue weighted by atomic mass is 10.0. The van der Waals surface area contributed by atoms with E-state index in [-0.39, 0.29) is 23.7 Å². The number of nitrogens with zero attached hydrogens (tertiary/aromatic N) is 1. The van der Waals surface area contributed by atoms with Crippen molar-refractivity contribution in [2.75, 3.05) is 25.1 Å². The van der Waals surface area contributed by atoms with Crippen molar-refractivity contribution >= 4 is 15.7 Å². The first-order valence-corrected chi connectivity index (χ1v) is 9.05. The zero-order valence-corrected chi connectivity index (χ0v) is 14.6. The Balaban J connectivity index is 2.17. The third-order valence-corrected chi connectivity index (χ3v) is 5.95. The maximum atomic E-state index is 14.4. The molecule has 134 valence electrons. The van der Waals surface area contributed by atoms with Gasteiger partial charge in [0, 0.05) is 18.7 Å². The summed E-state index contributed by atoms with van der Waals surface area (Å²) < 4.78 is 65.7. The van der Waals surface area contributed by atoms with Crippen LogP contribution in [0.2, 0.25) is 0 Å². The van der Waals surface area contributed by atoms with Gasteiger partial charge in [-0.15, -0.1) is 0 Å². The molecule has 1 aliphatic heterocycles. The predicted octanol–water partition coefficient (Wildman–Crippen LogP) is 3.12. The third-order valence-electron chi connectivity index (χ3n) is 4.13. The first kappa shape index (κ1) is 17.5. The molecule has 5 nitrogen and oxygen atoms in total. The molecular weight excluding hydrogens is 352 g/mol. The molecule has 2 aromatic rings. The van der Waals surface area contributed by atoms with Crippen LogP contribution in [-0.2, 0) is 16.4 Å². The van der Waals surface area contributed by atoms with Crippen LogP contribution >= 0.6 is 0 Å². The van der Waals surface area contributed by atoms with Gasteiger partial charge in [0.05, 0.1) is 19.9 Å². The van der Waals surface area contributed by atoms with E-state index in [1.54, 1.807) is 6.07 Å². The summed E-state index contributed by atoms with van der Waals surface area (Å²) in [4.78, 5) is -0.582. The molecule has 3 rings (SSSR count). The fourth-order valence-electron chi connectivity index (χ4n) is 2.96. The largest absolute Gasteiger partial charge is 0.493 e. The summed E-state index contributed by atoms with van der Waals surface area (Å²) in [7, 11) is -1.66. The van der Waals surface area contributed by atoms with Gasteiger partial charge in [0.25, 0.3) is 10.0 Å². The Hall–Kier alpha value is -2.35. The lowest BCUT2D eigenvalue weighted by molar-refractivity contribution is 0.350. The standard InChI is InChI=1S/C17H17F2NO4S/c1-23-14-9-13(19)16(10-15(14)24-2)25(21,22)20-8-4-6-11-5-3-7-12(18)17(11)20/h3,5,7,9-10H,4,6,8H2,1-2H3. The second-order valence-electron chi connectivity index (χ2n) is 5.57. The second-order valence-corrected chi connectivity index (χ2v) is 7.40. The van der Waals surface area contributed by atoms with Gasteiger partial charge in [0.1, 0.15) is 16.5 Å². The molecule has 25 heavy (non-hydrogen) atoms. The van der Waals surface area contributed by atoms with Gasteiger partial charge in [-0.1, -0.05) is 12.1 Å². The summed E-state index contributed by atoms with van der Waals surface area (Å²) in [5, 5.41) is 0. The monoisotopic (exact) mass is 369 g/mol. The molecule has 0 aliphatic carbocycles. The number of benzene rings is 2. The van der Waals surface area contributed by atoms with Crippen molar-refractivity contribution in [2.45, 2.75) is 17.7 Å². The van der Waals surface area contributed by atoms with Crippen LogP contribution in [0.3, 0.4) is 0 Å². The minimum Gasteiger partial charge on any atom is -0.493 e. The van der Waals surface area contributed by atoms with E-state index in [9.17, 15) is 17.2 Å². The van der Waals surface area contributed by atoms with Crippen LogP contribution in [0.4, 0.5) is 14.5 Å². The lowest BCUT2D eigenvalue weighted by Crippen LogP contribution is -2.36. The predicted molar refractivity (Wildman–Crippen MR) is 88.8 cm³/mol. The summed E-state index contributed by atoms with van der Waals surface area (Å²) >= 11 is 0. The topological polar surface area (TPSA) is 55.8 Å². The maximum absolute atomic E-state index is 14.4. The number of hydrogen-bond acceptors (Lipinski definition) is 4. The molecule has 0 bridgehead atoms. The lowest BCUT2D eigenvalue weighted by Gasteiger charge is -2.31. The number of ether oxygens (including phenoxy) is 2. The molecule has 0 fully saturated rings. The molecule has 0 amide bonds. The number of rotatable bonds is 4. The summed E-state index contributed by atoms with van der Waals surface area (Å²) in [5.41, 5.74) is 0.554. The highest BCUT2D eigenvalue weighted by atomic mass is 32.2. The van der Waals surface area contributed by atoms with Crippen molar-refractivity contribution in [3.05, 3.63) is 47.5 Å². The van der Waals surface area contributed by atoms with Gasteiger partial charge < -0.3 is 9.47 Å². The van der Waals surface area contributed by atoms with Crippen molar-refractivity contribution in [2.24, 2.45) is 0 Å². The number of hydrogen-bond donors (Lipinski definition) is 0. The minimum atomic E-state index is -4.30. The molecular formula is C17H17F2NO4S. The molecule has 8 heteroatoms. The van der Waals surface area contributed by atoms with E-state index >= 15 is 0 Å². The van der Waals surface area contributed by atoms with E-state index in [0.29, 0.717) is 18.4 Å². The van der Waals surface area contributed by atoms with Gasteiger partial charge in [0.2, 0.25) is 0 Å². The van der Waals surface area contributed by atoms with Crippen molar-refractivity contribution in [1.29, 1.82) is 0 Å². The normalized spacial score (nSPS) is 14.2. The van der Waals surface area contributed by atoms with Crippen molar-refractivity contribution in [3.63, 3.8) is 0 Å². The first-order valence-electron chi connectivity index (χ1n) is 7.61. The highest BCUT2D eigenvalue weighted by molar-refractivity contribution is 7.92. The summed E-state index contributed by atoms with van der Waals surface area (Å²) in [6, 6.07) is 6.39. The fraction of sp³-hybridized carbons (Fsp3) is 0.294. The smallest absolute Gasteiger partial charge is 0.267 e. The Bertz CT molecular complexity index is 915. The summed E-state index contributed by atoms with van der Waals surface area (Å²) in [6.45, 7) is 0.0735. The first-order chi connectivity index (χ1) is 11.9. The zero-order valence-electron chi connectivity index (χ0n) is 13.8. The second kappa shape index (κ2) is 6.51.